The lowest BCUT2D eigenvalue weighted by Crippen LogP contribution is -2.48. The first kappa shape index (κ1) is 12.5. The van der Waals surface area contributed by atoms with Crippen LogP contribution in [0.4, 0.5) is 4.79 Å². The predicted octanol–water partition coefficient (Wildman–Crippen LogP) is 0.806. The summed E-state index contributed by atoms with van der Waals surface area (Å²) in [6.45, 7) is 8.15. The number of amides is 2. The van der Waals surface area contributed by atoms with Gasteiger partial charge in [-0.1, -0.05) is 20.8 Å². The molecule has 1 N–H and O–H groups in total. The highest BCUT2D eigenvalue weighted by Crippen LogP contribution is 2.10. The van der Waals surface area contributed by atoms with Gasteiger partial charge in [0, 0.05) is 41.9 Å². The van der Waals surface area contributed by atoms with Crippen molar-refractivity contribution in [3.8, 4) is 0 Å². The molecule has 0 bridgehead atoms. The standard InChI is InChI=1S/C10H20N2O2S/c1-10(2,3)8-11-9(13)12-4-6-15(14)7-5-12/h4-8H2,1-3H3,(H,11,13). The van der Waals surface area contributed by atoms with Crippen molar-refractivity contribution in [2.45, 2.75) is 20.8 Å². The average Bonchev–Trinajstić information content (AvgIpc) is 2.14. The van der Waals surface area contributed by atoms with Gasteiger partial charge >= 0.3 is 6.03 Å². The second-order valence-electron chi connectivity index (χ2n) is 5.05. The molecule has 1 rings (SSSR count). The Morgan fingerprint density at radius 3 is 2.33 bits per heavy atom. The lowest BCUT2D eigenvalue weighted by atomic mass is 9.97. The first-order valence-electron chi connectivity index (χ1n) is 5.26. The summed E-state index contributed by atoms with van der Waals surface area (Å²) in [6.07, 6.45) is 0. The zero-order valence-electron chi connectivity index (χ0n) is 9.71. The number of nitrogens with one attached hydrogen (secondary N) is 1. The van der Waals surface area contributed by atoms with E-state index in [2.05, 4.69) is 26.1 Å². The highest BCUT2D eigenvalue weighted by molar-refractivity contribution is 7.85. The molecular formula is C10H20N2O2S. The SMILES string of the molecule is CC(C)(C)CNC(=O)N1CCS(=O)CC1. The maximum absolute atomic E-state index is 11.7. The van der Waals surface area contributed by atoms with Crippen molar-refractivity contribution in [1.29, 1.82) is 0 Å². The minimum Gasteiger partial charge on any atom is -0.337 e. The molecule has 0 aromatic carbocycles. The molecule has 1 saturated heterocycles. The molecule has 0 spiro atoms. The molecule has 0 saturated carbocycles. The fourth-order valence-corrected chi connectivity index (χ4v) is 2.35. The Morgan fingerprint density at radius 2 is 1.87 bits per heavy atom. The molecule has 0 unspecified atom stereocenters. The molecule has 2 amide bonds. The Labute approximate surface area is 93.9 Å². The van der Waals surface area contributed by atoms with Crippen LogP contribution in [0.5, 0.6) is 0 Å². The van der Waals surface area contributed by atoms with Gasteiger partial charge in [0.25, 0.3) is 0 Å². The first-order chi connectivity index (χ1) is 6.88. The Kier molecular flexibility index (Phi) is 4.13. The van der Waals surface area contributed by atoms with E-state index in [0.717, 1.165) is 0 Å². The quantitative estimate of drug-likeness (QED) is 0.727. The van der Waals surface area contributed by atoms with Gasteiger partial charge in [-0.05, 0) is 5.41 Å². The van der Waals surface area contributed by atoms with Gasteiger partial charge < -0.3 is 10.2 Å². The summed E-state index contributed by atoms with van der Waals surface area (Å²) < 4.78 is 11.1. The molecule has 15 heavy (non-hydrogen) atoms. The Bertz CT molecular complexity index is 251. The lowest BCUT2D eigenvalue weighted by Gasteiger charge is -2.28. The molecular weight excluding hydrogens is 212 g/mol. The summed E-state index contributed by atoms with van der Waals surface area (Å²) in [5, 5.41) is 2.90. The van der Waals surface area contributed by atoms with Crippen molar-refractivity contribution >= 4 is 16.8 Å². The molecule has 1 aliphatic rings. The van der Waals surface area contributed by atoms with Crippen molar-refractivity contribution < 1.29 is 9.00 Å². The van der Waals surface area contributed by atoms with Crippen LogP contribution in [0.1, 0.15) is 20.8 Å². The van der Waals surface area contributed by atoms with Crippen LogP contribution in [0.15, 0.2) is 0 Å². The van der Waals surface area contributed by atoms with E-state index in [1.165, 1.54) is 0 Å². The van der Waals surface area contributed by atoms with Crippen LogP contribution in [-0.4, -0.2) is 46.3 Å². The number of carbonyl (C=O) groups is 1. The third-order valence-electron chi connectivity index (χ3n) is 2.23. The van der Waals surface area contributed by atoms with Crippen LogP contribution in [0, 0.1) is 5.41 Å². The largest absolute Gasteiger partial charge is 0.337 e. The highest BCUT2D eigenvalue weighted by Gasteiger charge is 2.21. The van der Waals surface area contributed by atoms with Gasteiger partial charge in [-0.25, -0.2) is 4.79 Å². The van der Waals surface area contributed by atoms with Crippen molar-refractivity contribution in [3.05, 3.63) is 0 Å². The number of urea groups is 1. The van der Waals surface area contributed by atoms with Gasteiger partial charge in [0.1, 0.15) is 0 Å². The minimum absolute atomic E-state index is 0.0263. The molecule has 1 heterocycles. The molecule has 0 aromatic heterocycles. The molecule has 0 aromatic rings. The summed E-state index contributed by atoms with van der Waals surface area (Å²) in [5.41, 5.74) is 0.105. The van der Waals surface area contributed by atoms with Crippen LogP contribution < -0.4 is 5.32 Å². The molecule has 88 valence electrons. The van der Waals surface area contributed by atoms with Crippen molar-refractivity contribution in [3.63, 3.8) is 0 Å². The van der Waals surface area contributed by atoms with E-state index in [9.17, 15) is 9.00 Å². The van der Waals surface area contributed by atoms with E-state index < -0.39 is 10.8 Å². The fourth-order valence-electron chi connectivity index (χ4n) is 1.29. The zero-order valence-corrected chi connectivity index (χ0v) is 10.5. The second-order valence-corrected chi connectivity index (χ2v) is 6.75. The normalized spacial score (nSPS) is 19.0. The summed E-state index contributed by atoms with van der Waals surface area (Å²) in [6, 6.07) is -0.0263. The first-order valence-corrected chi connectivity index (χ1v) is 6.75. The maximum Gasteiger partial charge on any atom is 0.317 e. The third-order valence-corrected chi connectivity index (χ3v) is 3.51. The molecule has 0 atom stereocenters. The Balaban J connectivity index is 2.31. The third kappa shape index (κ3) is 4.64. The summed E-state index contributed by atoms with van der Waals surface area (Å²) in [7, 11) is -0.720. The van der Waals surface area contributed by atoms with Crippen LogP contribution in [0.2, 0.25) is 0 Å². The highest BCUT2D eigenvalue weighted by atomic mass is 32.2. The zero-order chi connectivity index (χ0) is 11.5. The number of hydrogen-bond acceptors (Lipinski definition) is 2. The van der Waals surface area contributed by atoms with Crippen LogP contribution in [0.3, 0.4) is 0 Å². The molecule has 4 nitrogen and oxygen atoms in total. The summed E-state index contributed by atoms with van der Waals surface area (Å²) in [4.78, 5) is 13.4. The monoisotopic (exact) mass is 232 g/mol. The molecule has 0 aliphatic carbocycles. The summed E-state index contributed by atoms with van der Waals surface area (Å²) in [5.74, 6) is 1.23. The van der Waals surface area contributed by atoms with Gasteiger partial charge in [-0.2, -0.15) is 0 Å². The number of hydrogen-bond donors (Lipinski definition) is 1. The molecule has 1 aliphatic heterocycles. The van der Waals surface area contributed by atoms with E-state index in [4.69, 9.17) is 0 Å². The van der Waals surface area contributed by atoms with E-state index in [1.54, 1.807) is 4.90 Å². The van der Waals surface area contributed by atoms with Crippen molar-refractivity contribution in [1.82, 2.24) is 10.2 Å². The molecule has 0 radical (unpaired) electrons. The lowest BCUT2D eigenvalue weighted by molar-refractivity contribution is 0.197. The fraction of sp³-hybridized carbons (Fsp3) is 0.900. The van der Waals surface area contributed by atoms with Crippen LogP contribution >= 0.6 is 0 Å². The van der Waals surface area contributed by atoms with E-state index >= 15 is 0 Å². The maximum atomic E-state index is 11.7. The van der Waals surface area contributed by atoms with E-state index in [0.29, 0.717) is 31.1 Å². The van der Waals surface area contributed by atoms with Crippen molar-refractivity contribution in [2.75, 3.05) is 31.1 Å². The van der Waals surface area contributed by atoms with Crippen molar-refractivity contribution in [2.24, 2.45) is 5.41 Å². The molecule has 1 fully saturated rings. The summed E-state index contributed by atoms with van der Waals surface area (Å²) >= 11 is 0. The van der Waals surface area contributed by atoms with Gasteiger partial charge in [-0.15, -0.1) is 0 Å². The van der Waals surface area contributed by atoms with Crippen LogP contribution in [0.25, 0.3) is 0 Å². The second kappa shape index (κ2) is 4.96. The average molecular weight is 232 g/mol. The minimum atomic E-state index is -0.720. The number of nitrogens with zero attached hydrogens (tertiary/aromatic N) is 1. The van der Waals surface area contributed by atoms with Gasteiger partial charge in [0.05, 0.1) is 0 Å². The number of carbonyl (C=O) groups excluding carboxylic acids is 1. The van der Waals surface area contributed by atoms with Gasteiger partial charge in [0.2, 0.25) is 0 Å². The Hall–Kier alpha value is -0.580. The Morgan fingerprint density at radius 1 is 1.33 bits per heavy atom. The van der Waals surface area contributed by atoms with Gasteiger partial charge in [0.15, 0.2) is 0 Å². The topological polar surface area (TPSA) is 49.4 Å². The van der Waals surface area contributed by atoms with Crippen LogP contribution in [-0.2, 0) is 10.8 Å². The smallest absolute Gasteiger partial charge is 0.317 e. The van der Waals surface area contributed by atoms with E-state index in [-0.39, 0.29) is 11.4 Å². The van der Waals surface area contributed by atoms with E-state index in [1.807, 2.05) is 0 Å². The predicted molar refractivity (Wildman–Crippen MR) is 62.3 cm³/mol. The number of rotatable bonds is 1. The van der Waals surface area contributed by atoms with Gasteiger partial charge in [-0.3, -0.25) is 4.21 Å². The molecule has 5 heteroatoms.